The summed E-state index contributed by atoms with van der Waals surface area (Å²) in [6.07, 6.45) is 0. The minimum Gasteiger partial charge on any atom is -0.491 e. The van der Waals surface area contributed by atoms with Gasteiger partial charge in [0.15, 0.2) is 0 Å². The number of sulfonamides is 1. The van der Waals surface area contributed by atoms with Crippen LogP contribution in [0.3, 0.4) is 0 Å². The number of para-hydroxylation sites is 1. The number of benzene rings is 2. The molecule has 0 aliphatic carbocycles. The van der Waals surface area contributed by atoms with Gasteiger partial charge in [0.25, 0.3) is 0 Å². The summed E-state index contributed by atoms with van der Waals surface area (Å²) in [7, 11) is -3.46. The van der Waals surface area contributed by atoms with E-state index in [4.69, 9.17) is 10.5 Å². The Labute approximate surface area is 123 Å². The first kappa shape index (κ1) is 13.9. The Hall–Kier alpha value is -2.05. The highest BCUT2D eigenvalue weighted by Gasteiger charge is 2.27. The van der Waals surface area contributed by atoms with Crippen molar-refractivity contribution in [2.24, 2.45) is 0 Å². The first-order valence-electron chi connectivity index (χ1n) is 6.60. The number of nitrogen functional groups attached to an aromatic ring is 1. The Morgan fingerprint density at radius 3 is 2.81 bits per heavy atom. The Bertz CT molecular complexity index is 759. The Morgan fingerprint density at radius 1 is 1.19 bits per heavy atom. The van der Waals surface area contributed by atoms with E-state index in [0.717, 1.165) is 11.3 Å². The number of anilines is 1. The van der Waals surface area contributed by atoms with E-state index < -0.39 is 10.0 Å². The number of rotatable bonds is 4. The molecule has 6 heteroatoms. The second-order valence-corrected chi connectivity index (χ2v) is 6.78. The number of nitrogens with two attached hydrogens (primary N) is 1. The van der Waals surface area contributed by atoms with Crippen LogP contribution in [0.1, 0.15) is 17.2 Å². The molecule has 0 amide bonds. The topological polar surface area (TPSA) is 81.4 Å². The van der Waals surface area contributed by atoms with E-state index in [-0.39, 0.29) is 11.8 Å². The number of nitrogens with one attached hydrogen (secondary N) is 1. The molecule has 2 aromatic rings. The van der Waals surface area contributed by atoms with E-state index in [0.29, 0.717) is 17.9 Å². The molecule has 1 aliphatic rings. The van der Waals surface area contributed by atoms with E-state index in [9.17, 15) is 8.42 Å². The van der Waals surface area contributed by atoms with Crippen molar-refractivity contribution in [2.75, 3.05) is 12.3 Å². The lowest BCUT2D eigenvalue weighted by Gasteiger charge is -2.12. The highest BCUT2D eigenvalue weighted by Crippen LogP contribution is 2.32. The molecule has 3 rings (SSSR count). The van der Waals surface area contributed by atoms with Crippen LogP contribution in [-0.2, 0) is 15.8 Å². The van der Waals surface area contributed by atoms with E-state index >= 15 is 0 Å². The van der Waals surface area contributed by atoms with Crippen LogP contribution in [0.15, 0.2) is 48.5 Å². The first-order chi connectivity index (χ1) is 10.0. The molecule has 0 saturated carbocycles. The van der Waals surface area contributed by atoms with Gasteiger partial charge in [-0.05, 0) is 23.8 Å². The van der Waals surface area contributed by atoms with Crippen molar-refractivity contribution >= 4 is 15.7 Å². The van der Waals surface area contributed by atoms with Crippen molar-refractivity contribution in [2.45, 2.75) is 11.8 Å². The fourth-order valence-electron chi connectivity index (χ4n) is 2.42. The van der Waals surface area contributed by atoms with E-state index in [1.54, 1.807) is 24.3 Å². The largest absolute Gasteiger partial charge is 0.491 e. The standard InChI is InChI=1S/C15H16N2O3S/c16-12-5-3-4-11(8-12)10-21(18,19)17-14-9-20-15-7-2-1-6-13(14)15/h1-8,14,17H,9-10,16H2. The summed E-state index contributed by atoms with van der Waals surface area (Å²) in [4.78, 5) is 0. The average Bonchev–Trinajstić information content (AvgIpc) is 2.81. The lowest BCUT2D eigenvalue weighted by molar-refractivity contribution is 0.325. The first-order valence-corrected chi connectivity index (χ1v) is 8.25. The average molecular weight is 304 g/mol. The van der Waals surface area contributed by atoms with Gasteiger partial charge in [-0.1, -0.05) is 30.3 Å². The van der Waals surface area contributed by atoms with Crippen LogP contribution in [0.2, 0.25) is 0 Å². The normalized spacial score (nSPS) is 17.2. The molecule has 0 fully saturated rings. The zero-order valence-electron chi connectivity index (χ0n) is 11.3. The number of hydrogen-bond donors (Lipinski definition) is 2. The van der Waals surface area contributed by atoms with Gasteiger partial charge < -0.3 is 10.5 Å². The van der Waals surface area contributed by atoms with E-state index in [1.807, 2.05) is 24.3 Å². The molecule has 3 N–H and O–H groups in total. The van der Waals surface area contributed by atoms with Gasteiger partial charge in [-0.2, -0.15) is 0 Å². The number of fused-ring (bicyclic) bond motifs is 1. The predicted molar refractivity (Wildman–Crippen MR) is 81.3 cm³/mol. The second-order valence-electron chi connectivity index (χ2n) is 5.02. The Kier molecular flexibility index (Phi) is 3.57. The maximum atomic E-state index is 12.3. The highest BCUT2D eigenvalue weighted by molar-refractivity contribution is 7.88. The smallest absolute Gasteiger partial charge is 0.216 e. The molecule has 1 aliphatic heterocycles. The molecule has 1 atom stereocenters. The molecule has 0 bridgehead atoms. The van der Waals surface area contributed by atoms with Crippen molar-refractivity contribution in [3.8, 4) is 5.75 Å². The molecule has 5 nitrogen and oxygen atoms in total. The molecule has 110 valence electrons. The Morgan fingerprint density at radius 2 is 2.00 bits per heavy atom. The third-order valence-corrected chi connectivity index (χ3v) is 4.69. The van der Waals surface area contributed by atoms with Crippen LogP contribution >= 0.6 is 0 Å². The van der Waals surface area contributed by atoms with Gasteiger partial charge in [-0.3, -0.25) is 0 Å². The summed E-state index contributed by atoms with van der Waals surface area (Å²) in [5.41, 5.74) is 7.75. The van der Waals surface area contributed by atoms with E-state index in [1.165, 1.54) is 0 Å². The van der Waals surface area contributed by atoms with Crippen molar-refractivity contribution in [3.63, 3.8) is 0 Å². The number of ether oxygens (including phenoxy) is 1. The molecular weight excluding hydrogens is 288 g/mol. The number of hydrogen-bond acceptors (Lipinski definition) is 4. The zero-order valence-corrected chi connectivity index (χ0v) is 12.1. The summed E-state index contributed by atoms with van der Waals surface area (Å²) >= 11 is 0. The minimum absolute atomic E-state index is 0.100. The van der Waals surface area contributed by atoms with Gasteiger partial charge >= 0.3 is 0 Å². The van der Waals surface area contributed by atoms with Gasteiger partial charge in [0.05, 0.1) is 11.8 Å². The van der Waals surface area contributed by atoms with Gasteiger partial charge in [0, 0.05) is 11.3 Å². The van der Waals surface area contributed by atoms with Crippen LogP contribution in [0.25, 0.3) is 0 Å². The van der Waals surface area contributed by atoms with Gasteiger partial charge in [-0.25, -0.2) is 13.1 Å². The monoisotopic (exact) mass is 304 g/mol. The fourth-order valence-corrected chi connectivity index (χ4v) is 3.75. The molecule has 21 heavy (non-hydrogen) atoms. The van der Waals surface area contributed by atoms with Gasteiger partial charge in [0.1, 0.15) is 12.4 Å². The summed E-state index contributed by atoms with van der Waals surface area (Å²) in [6.45, 7) is 0.315. The molecule has 1 heterocycles. The van der Waals surface area contributed by atoms with Crippen LogP contribution < -0.4 is 15.2 Å². The van der Waals surface area contributed by atoms with Crippen molar-refractivity contribution < 1.29 is 13.2 Å². The lowest BCUT2D eigenvalue weighted by Crippen LogP contribution is -2.30. The lowest BCUT2D eigenvalue weighted by atomic mass is 10.1. The quantitative estimate of drug-likeness (QED) is 0.844. The SMILES string of the molecule is Nc1cccc(CS(=O)(=O)NC2COc3ccccc32)c1. The van der Waals surface area contributed by atoms with Crippen LogP contribution in [0.4, 0.5) is 5.69 Å². The summed E-state index contributed by atoms with van der Waals surface area (Å²) in [6, 6.07) is 14.0. The Balaban J connectivity index is 1.76. The summed E-state index contributed by atoms with van der Waals surface area (Å²) < 4.78 is 32.7. The second kappa shape index (κ2) is 5.38. The van der Waals surface area contributed by atoms with Gasteiger partial charge in [-0.15, -0.1) is 0 Å². The van der Waals surface area contributed by atoms with Gasteiger partial charge in [0.2, 0.25) is 10.0 Å². The molecule has 1 unspecified atom stereocenters. The van der Waals surface area contributed by atoms with Crippen molar-refractivity contribution in [1.82, 2.24) is 4.72 Å². The maximum absolute atomic E-state index is 12.3. The molecule has 0 aromatic heterocycles. The van der Waals surface area contributed by atoms with Crippen LogP contribution in [-0.4, -0.2) is 15.0 Å². The predicted octanol–water partition coefficient (Wildman–Crippen LogP) is 1.82. The van der Waals surface area contributed by atoms with E-state index in [2.05, 4.69) is 4.72 Å². The molecule has 0 saturated heterocycles. The van der Waals surface area contributed by atoms with Crippen LogP contribution in [0, 0.1) is 0 Å². The third kappa shape index (κ3) is 3.17. The van der Waals surface area contributed by atoms with Crippen molar-refractivity contribution in [1.29, 1.82) is 0 Å². The molecular formula is C15H16N2O3S. The zero-order chi connectivity index (χ0) is 14.9. The van der Waals surface area contributed by atoms with Crippen molar-refractivity contribution in [3.05, 3.63) is 59.7 Å². The minimum atomic E-state index is -3.46. The highest BCUT2D eigenvalue weighted by atomic mass is 32.2. The summed E-state index contributed by atoms with van der Waals surface area (Å²) in [5, 5.41) is 0. The fraction of sp³-hybridized carbons (Fsp3) is 0.200. The third-order valence-electron chi connectivity index (χ3n) is 3.33. The molecule has 2 aromatic carbocycles. The molecule has 0 spiro atoms. The van der Waals surface area contributed by atoms with Crippen LogP contribution in [0.5, 0.6) is 5.75 Å². The summed E-state index contributed by atoms with van der Waals surface area (Å²) in [5.74, 6) is 0.630. The molecule has 0 radical (unpaired) electrons. The maximum Gasteiger partial charge on any atom is 0.216 e.